The maximum absolute atomic E-state index is 12.9. The van der Waals surface area contributed by atoms with Gasteiger partial charge in [-0.25, -0.2) is 0 Å². The van der Waals surface area contributed by atoms with Crippen LogP contribution in [0.15, 0.2) is 0 Å². The van der Waals surface area contributed by atoms with Crippen molar-refractivity contribution >= 4 is 5.97 Å². The molecule has 1 atom stereocenters. The first-order valence-corrected chi connectivity index (χ1v) is 6.47. The van der Waals surface area contributed by atoms with Gasteiger partial charge in [-0.2, -0.15) is 13.2 Å². The number of alkyl halides is 3. The molecule has 0 amide bonds. The topological polar surface area (TPSA) is 29.5 Å². The summed E-state index contributed by atoms with van der Waals surface area (Å²) in [5, 5.41) is 0. The number of ether oxygens (including phenoxy) is 1. The molecule has 1 unspecified atom stereocenters. The average Bonchev–Trinajstić information content (AvgIpc) is 2.25. The van der Waals surface area contributed by atoms with Crippen LogP contribution in [0.3, 0.4) is 0 Å². The van der Waals surface area contributed by atoms with Crippen LogP contribution in [-0.4, -0.2) is 35.9 Å². The molecule has 0 N–H and O–H groups in total. The van der Waals surface area contributed by atoms with E-state index in [2.05, 4.69) is 0 Å². The maximum Gasteiger partial charge on any atom is 0.404 e. The van der Waals surface area contributed by atoms with Crippen LogP contribution in [0.25, 0.3) is 0 Å². The van der Waals surface area contributed by atoms with E-state index in [0.717, 1.165) is 6.92 Å². The number of rotatable bonds is 6. The van der Waals surface area contributed by atoms with Crippen LogP contribution < -0.4 is 0 Å². The number of carbonyl (C=O) groups excluding carboxylic acids is 1. The zero-order chi connectivity index (χ0) is 15.4. The molecule has 0 aromatic carbocycles. The van der Waals surface area contributed by atoms with Crippen LogP contribution in [0.1, 0.15) is 48.0 Å². The molecule has 0 aromatic heterocycles. The monoisotopic (exact) mass is 283 g/mol. The van der Waals surface area contributed by atoms with Gasteiger partial charge in [-0.3, -0.25) is 9.69 Å². The summed E-state index contributed by atoms with van der Waals surface area (Å²) in [5.41, 5.74) is -2.44. The highest BCUT2D eigenvalue weighted by Gasteiger charge is 2.56. The summed E-state index contributed by atoms with van der Waals surface area (Å²) < 4.78 is 43.5. The van der Waals surface area contributed by atoms with Gasteiger partial charge in [-0.05, 0) is 41.0 Å². The zero-order valence-electron chi connectivity index (χ0n) is 12.5. The molecule has 0 spiro atoms. The fraction of sp³-hybridized carbons (Fsp3) is 0.923. The molecule has 0 rings (SSSR count). The van der Waals surface area contributed by atoms with Crippen molar-refractivity contribution in [2.45, 2.75) is 66.2 Å². The van der Waals surface area contributed by atoms with Crippen molar-refractivity contribution in [3.05, 3.63) is 0 Å². The molecular weight excluding hydrogens is 259 g/mol. The molecule has 0 saturated heterocycles. The first kappa shape index (κ1) is 18.2. The minimum absolute atomic E-state index is 0.0894. The Morgan fingerprint density at radius 1 is 1.16 bits per heavy atom. The van der Waals surface area contributed by atoms with Crippen LogP contribution >= 0.6 is 0 Å². The van der Waals surface area contributed by atoms with E-state index in [1.165, 1.54) is 6.92 Å². The largest absolute Gasteiger partial charge is 0.449 e. The molecular formula is C13H24F3NO2. The fourth-order valence-electron chi connectivity index (χ4n) is 1.65. The summed E-state index contributed by atoms with van der Waals surface area (Å²) in [6.07, 6.45) is -4.93. The standard InChI is InChI=1S/C13H24F3NO2/c1-7-12(6,13(14,15)16)11(18)19-8-17(9(2)3)10(4)5/h9-10H,7-8H2,1-6H3. The van der Waals surface area contributed by atoms with E-state index in [4.69, 9.17) is 4.74 Å². The predicted octanol–water partition coefficient (Wildman–Crippen LogP) is 3.58. The lowest BCUT2D eigenvalue weighted by Crippen LogP contribution is -2.46. The molecule has 0 saturated carbocycles. The summed E-state index contributed by atoms with van der Waals surface area (Å²) in [6.45, 7) is 9.68. The number of hydrogen-bond donors (Lipinski definition) is 0. The summed E-state index contributed by atoms with van der Waals surface area (Å²) in [4.78, 5) is 13.5. The third-order valence-electron chi connectivity index (χ3n) is 3.45. The summed E-state index contributed by atoms with van der Waals surface area (Å²) in [7, 11) is 0. The molecule has 0 heterocycles. The van der Waals surface area contributed by atoms with E-state index in [1.807, 2.05) is 32.6 Å². The van der Waals surface area contributed by atoms with Crippen LogP contribution in [0.4, 0.5) is 13.2 Å². The van der Waals surface area contributed by atoms with Gasteiger partial charge >= 0.3 is 12.1 Å². The Morgan fingerprint density at radius 3 is 1.84 bits per heavy atom. The molecule has 114 valence electrons. The van der Waals surface area contributed by atoms with E-state index in [0.29, 0.717) is 0 Å². The zero-order valence-corrected chi connectivity index (χ0v) is 12.5. The average molecular weight is 283 g/mol. The highest BCUT2D eigenvalue weighted by Crippen LogP contribution is 2.41. The van der Waals surface area contributed by atoms with Crippen molar-refractivity contribution in [3.63, 3.8) is 0 Å². The summed E-state index contributed by atoms with van der Waals surface area (Å²) in [5.74, 6) is -1.21. The van der Waals surface area contributed by atoms with Crippen LogP contribution in [0, 0.1) is 5.41 Å². The molecule has 0 aliphatic rings. The number of carbonyl (C=O) groups is 1. The number of nitrogens with zero attached hydrogens (tertiary/aromatic N) is 1. The molecule has 0 aliphatic carbocycles. The normalized spacial score (nSPS) is 16.0. The maximum atomic E-state index is 12.9. The SMILES string of the molecule is CCC(C)(C(=O)OCN(C(C)C)C(C)C)C(F)(F)F. The number of hydrogen-bond acceptors (Lipinski definition) is 3. The summed E-state index contributed by atoms with van der Waals surface area (Å²) in [6, 6.07) is 0.179. The molecule has 0 aromatic rings. The smallest absolute Gasteiger partial charge is 0.404 e. The third kappa shape index (κ3) is 4.37. The van der Waals surface area contributed by atoms with Crippen molar-refractivity contribution in [1.82, 2.24) is 4.90 Å². The quantitative estimate of drug-likeness (QED) is 0.551. The Balaban J connectivity index is 4.78. The Kier molecular flexibility index (Phi) is 6.32. The van der Waals surface area contributed by atoms with E-state index in [1.54, 1.807) is 0 Å². The van der Waals surface area contributed by atoms with Crippen molar-refractivity contribution < 1.29 is 22.7 Å². The lowest BCUT2D eigenvalue weighted by Gasteiger charge is -2.33. The lowest BCUT2D eigenvalue weighted by molar-refractivity contribution is -0.233. The van der Waals surface area contributed by atoms with Gasteiger partial charge in [0.15, 0.2) is 5.41 Å². The Hall–Kier alpha value is -0.780. The second kappa shape index (κ2) is 6.59. The van der Waals surface area contributed by atoms with E-state index in [9.17, 15) is 18.0 Å². The van der Waals surface area contributed by atoms with Crippen molar-refractivity contribution in [2.24, 2.45) is 5.41 Å². The first-order chi connectivity index (χ1) is 8.47. The Labute approximate surface area is 113 Å². The minimum atomic E-state index is -4.60. The van der Waals surface area contributed by atoms with Crippen LogP contribution in [-0.2, 0) is 9.53 Å². The van der Waals surface area contributed by atoms with Gasteiger partial charge in [-0.1, -0.05) is 6.92 Å². The molecule has 0 radical (unpaired) electrons. The second-order valence-electron chi connectivity index (χ2n) is 5.45. The van der Waals surface area contributed by atoms with E-state index >= 15 is 0 Å². The number of esters is 1. The Morgan fingerprint density at radius 2 is 1.58 bits per heavy atom. The predicted molar refractivity (Wildman–Crippen MR) is 67.5 cm³/mol. The molecule has 19 heavy (non-hydrogen) atoms. The molecule has 0 bridgehead atoms. The number of halogens is 3. The Bertz CT molecular complexity index is 295. The third-order valence-corrected chi connectivity index (χ3v) is 3.45. The molecule has 0 fully saturated rings. The van der Waals surface area contributed by atoms with Gasteiger partial charge in [0.2, 0.25) is 0 Å². The van der Waals surface area contributed by atoms with E-state index < -0.39 is 17.6 Å². The molecule has 0 aliphatic heterocycles. The van der Waals surface area contributed by atoms with Gasteiger partial charge < -0.3 is 4.74 Å². The second-order valence-corrected chi connectivity index (χ2v) is 5.45. The molecule has 3 nitrogen and oxygen atoms in total. The fourth-order valence-corrected chi connectivity index (χ4v) is 1.65. The van der Waals surface area contributed by atoms with Crippen molar-refractivity contribution in [3.8, 4) is 0 Å². The van der Waals surface area contributed by atoms with E-state index in [-0.39, 0.29) is 25.2 Å². The first-order valence-electron chi connectivity index (χ1n) is 6.47. The van der Waals surface area contributed by atoms with Gasteiger partial charge in [0.05, 0.1) is 0 Å². The van der Waals surface area contributed by atoms with Gasteiger partial charge in [0.25, 0.3) is 0 Å². The highest BCUT2D eigenvalue weighted by atomic mass is 19.4. The molecule has 6 heteroatoms. The highest BCUT2D eigenvalue weighted by molar-refractivity contribution is 5.77. The summed E-state index contributed by atoms with van der Waals surface area (Å²) >= 11 is 0. The van der Waals surface area contributed by atoms with Gasteiger partial charge in [-0.15, -0.1) is 0 Å². The van der Waals surface area contributed by atoms with Crippen LogP contribution in [0.2, 0.25) is 0 Å². The van der Waals surface area contributed by atoms with Crippen molar-refractivity contribution in [2.75, 3.05) is 6.73 Å². The van der Waals surface area contributed by atoms with Gasteiger partial charge in [0, 0.05) is 12.1 Å². The van der Waals surface area contributed by atoms with Crippen molar-refractivity contribution in [1.29, 1.82) is 0 Å². The minimum Gasteiger partial charge on any atom is -0.449 e. The lowest BCUT2D eigenvalue weighted by atomic mass is 9.87. The van der Waals surface area contributed by atoms with Gasteiger partial charge in [0.1, 0.15) is 6.73 Å². The van der Waals surface area contributed by atoms with Crippen LogP contribution in [0.5, 0.6) is 0 Å².